The average molecular weight is 386 g/mol. The molecule has 7 nitrogen and oxygen atoms in total. The van der Waals surface area contributed by atoms with E-state index in [1.165, 1.54) is 0 Å². The first-order chi connectivity index (χ1) is 13.6. The molecule has 3 saturated heterocycles. The van der Waals surface area contributed by atoms with Gasteiger partial charge in [-0.3, -0.25) is 0 Å². The SMILES string of the molecule is CNC(=O)N1CCC(N2C(=O)N(Cc3ccccc3)CC23CCOCC3)CC1. The molecule has 1 aromatic rings. The van der Waals surface area contributed by atoms with Gasteiger partial charge in [-0.15, -0.1) is 0 Å². The number of piperidine rings is 1. The van der Waals surface area contributed by atoms with E-state index < -0.39 is 0 Å². The zero-order chi connectivity index (χ0) is 19.6. The molecule has 1 spiro atoms. The number of carbonyl (C=O) groups excluding carboxylic acids is 2. The quantitative estimate of drug-likeness (QED) is 0.867. The minimum atomic E-state index is -0.135. The second kappa shape index (κ2) is 7.99. The third-order valence-corrected chi connectivity index (χ3v) is 6.44. The number of ether oxygens (including phenoxy) is 1. The Bertz CT molecular complexity index is 697. The first-order valence-electron chi connectivity index (χ1n) is 10.3. The molecule has 3 aliphatic rings. The molecule has 0 atom stereocenters. The van der Waals surface area contributed by atoms with Crippen molar-refractivity contribution in [3.05, 3.63) is 35.9 Å². The number of nitrogens with zero attached hydrogens (tertiary/aromatic N) is 3. The van der Waals surface area contributed by atoms with Crippen LogP contribution in [-0.2, 0) is 11.3 Å². The summed E-state index contributed by atoms with van der Waals surface area (Å²) in [6, 6.07) is 10.5. The molecule has 1 N–H and O–H groups in total. The number of likely N-dealkylation sites (tertiary alicyclic amines) is 1. The van der Waals surface area contributed by atoms with E-state index in [2.05, 4.69) is 22.3 Å². The molecule has 0 radical (unpaired) electrons. The second-order valence-electron chi connectivity index (χ2n) is 8.10. The molecule has 28 heavy (non-hydrogen) atoms. The van der Waals surface area contributed by atoms with Gasteiger partial charge >= 0.3 is 12.1 Å². The predicted octanol–water partition coefficient (Wildman–Crippen LogP) is 2.28. The maximum Gasteiger partial charge on any atom is 0.321 e. The van der Waals surface area contributed by atoms with E-state index >= 15 is 0 Å². The molecule has 0 bridgehead atoms. The molecule has 0 saturated carbocycles. The van der Waals surface area contributed by atoms with E-state index in [-0.39, 0.29) is 23.6 Å². The van der Waals surface area contributed by atoms with E-state index in [4.69, 9.17) is 4.74 Å². The van der Waals surface area contributed by atoms with Gasteiger partial charge in [0, 0.05) is 52.5 Å². The van der Waals surface area contributed by atoms with Crippen molar-refractivity contribution in [2.45, 2.75) is 43.8 Å². The lowest BCUT2D eigenvalue weighted by Gasteiger charge is -2.46. The first-order valence-corrected chi connectivity index (χ1v) is 10.3. The lowest BCUT2D eigenvalue weighted by atomic mass is 9.86. The Morgan fingerprint density at radius 3 is 2.50 bits per heavy atom. The van der Waals surface area contributed by atoms with Crippen LogP contribution in [0.1, 0.15) is 31.2 Å². The Hall–Kier alpha value is -2.28. The van der Waals surface area contributed by atoms with Crippen molar-refractivity contribution in [1.29, 1.82) is 0 Å². The van der Waals surface area contributed by atoms with Crippen molar-refractivity contribution in [2.75, 3.05) is 39.9 Å². The van der Waals surface area contributed by atoms with Crippen LogP contribution in [0.2, 0.25) is 0 Å². The van der Waals surface area contributed by atoms with Gasteiger partial charge in [-0.2, -0.15) is 0 Å². The van der Waals surface area contributed by atoms with E-state index in [1.54, 1.807) is 7.05 Å². The van der Waals surface area contributed by atoms with Gasteiger partial charge in [0.1, 0.15) is 0 Å². The fraction of sp³-hybridized carbons (Fsp3) is 0.619. The smallest absolute Gasteiger partial charge is 0.321 e. The molecular weight excluding hydrogens is 356 g/mol. The highest BCUT2D eigenvalue weighted by molar-refractivity contribution is 5.79. The van der Waals surface area contributed by atoms with Gasteiger partial charge in [0.25, 0.3) is 0 Å². The Labute approximate surface area is 166 Å². The summed E-state index contributed by atoms with van der Waals surface area (Å²) in [6.07, 6.45) is 3.45. The molecule has 1 aromatic carbocycles. The summed E-state index contributed by atoms with van der Waals surface area (Å²) in [5, 5.41) is 2.70. The third-order valence-electron chi connectivity index (χ3n) is 6.44. The van der Waals surface area contributed by atoms with Crippen LogP contribution in [0, 0.1) is 0 Å². The lowest BCUT2D eigenvalue weighted by molar-refractivity contribution is -0.0144. The van der Waals surface area contributed by atoms with Gasteiger partial charge < -0.3 is 24.8 Å². The standard InChI is InChI=1S/C21H30N4O3/c1-22-19(26)23-11-7-18(8-12-23)25-20(27)24(15-17-5-3-2-4-6-17)16-21(25)9-13-28-14-10-21/h2-6,18H,7-16H2,1H3,(H,22,26). The molecule has 7 heteroatoms. The molecule has 3 heterocycles. The summed E-state index contributed by atoms with van der Waals surface area (Å²) in [6.45, 7) is 4.22. The molecule has 3 aliphatic heterocycles. The van der Waals surface area contributed by atoms with Crippen molar-refractivity contribution in [3.8, 4) is 0 Å². The van der Waals surface area contributed by atoms with Gasteiger partial charge in [-0.25, -0.2) is 9.59 Å². The number of hydrogen-bond donors (Lipinski definition) is 1. The summed E-state index contributed by atoms with van der Waals surface area (Å²) >= 11 is 0. The largest absolute Gasteiger partial charge is 0.381 e. The maximum absolute atomic E-state index is 13.5. The summed E-state index contributed by atoms with van der Waals surface area (Å²) < 4.78 is 5.63. The Morgan fingerprint density at radius 1 is 1.18 bits per heavy atom. The highest BCUT2D eigenvalue weighted by Gasteiger charge is 2.52. The van der Waals surface area contributed by atoms with Crippen LogP contribution in [-0.4, -0.2) is 78.2 Å². The second-order valence-corrected chi connectivity index (χ2v) is 8.10. The maximum atomic E-state index is 13.5. The fourth-order valence-electron chi connectivity index (χ4n) is 4.96. The summed E-state index contributed by atoms with van der Waals surface area (Å²) in [4.78, 5) is 31.4. The molecular formula is C21H30N4O3. The minimum Gasteiger partial charge on any atom is -0.381 e. The number of carbonyl (C=O) groups is 2. The summed E-state index contributed by atoms with van der Waals surface area (Å²) in [5.74, 6) is 0. The molecule has 4 amide bonds. The van der Waals surface area contributed by atoms with Crippen LogP contribution in [0.15, 0.2) is 30.3 Å². The Balaban J connectivity index is 1.52. The minimum absolute atomic E-state index is 0.0299. The van der Waals surface area contributed by atoms with Crippen molar-refractivity contribution < 1.29 is 14.3 Å². The number of amides is 4. The van der Waals surface area contributed by atoms with Crippen LogP contribution in [0.25, 0.3) is 0 Å². The van der Waals surface area contributed by atoms with Crippen LogP contribution in [0.5, 0.6) is 0 Å². The highest BCUT2D eigenvalue weighted by Crippen LogP contribution is 2.39. The summed E-state index contributed by atoms with van der Waals surface area (Å²) in [7, 11) is 1.66. The van der Waals surface area contributed by atoms with Crippen molar-refractivity contribution in [3.63, 3.8) is 0 Å². The number of hydrogen-bond acceptors (Lipinski definition) is 3. The molecule has 152 valence electrons. The molecule has 0 aromatic heterocycles. The van der Waals surface area contributed by atoms with Gasteiger partial charge in [0.2, 0.25) is 0 Å². The molecule has 3 fully saturated rings. The van der Waals surface area contributed by atoms with E-state index in [1.807, 2.05) is 28.0 Å². The van der Waals surface area contributed by atoms with Gasteiger partial charge in [0.15, 0.2) is 0 Å². The summed E-state index contributed by atoms with van der Waals surface area (Å²) in [5.41, 5.74) is 1.03. The van der Waals surface area contributed by atoms with Crippen molar-refractivity contribution in [1.82, 2.24) is 20.0 Å². The fourth-order valence-corrected chi connectivity index (χ4v) is 4.96. The first kappa shape index (κ1) is 19.1. The molecule has 4 rings (SSSR count). The van der Waals surface area contributed by atoms with Crippen LogP contribution < -0.4 is 5.32 Å². The monoisotopic (exact) mass is 386 g/mol. The van der Waals surface area contributed by atoms with Crippen LogP contribution in [0.4, 0.5) is 9.59 Å². The predicted molar refractivity (Wildman–Crippen MR) is 106 cm³/mol. The highest BCUT2D eigenvalue weighted by atomic mass is 16.5. The topological polar surface area (TPSA) is 65.1 Å². The molecule has 0 aliphatic carbocycles. The number of urea groups is 2. The Kier molecular flexibility index (Phi) is 5.44. The van der Waals surface area contributed by atoms with Crippen molar-refractivity contribution in [2.24, 2.45) is 0 Å². The van der Waals surface area contributed by atoms with E-state index in [9.17, 15) is 9.59 Å². The number of rotatable bonds is 3. The average Bonchev–Trinajstić information content (AvgIpc) is 2.99. The van der Waals surface area contributed by atoms with Gasteiger partial charge in [0.05, 0.1) is 5.54 Å². The van der Waals surface area contributed by atoms with Crippen LogP contribution >= 0.6 is 0 Å². The van der Waals surface area contributed by atoms with Gasteiger partial charge in [-0.1, -0.05) is 30.3 Å². The van der Waals surface area contributed by atoms with Crippen molar-refractivity contribution >= 4 is 12.1 Å². The normalized spacial score (nSPS) is 22.8. The lowest BCUT2D eigenvalue weighted by Crippen LogP contribution is -2.58. The number of nitrogens with one attached hydrogen (secondary N) is 1. The van der Waals surface area contributed by atoms with E-state index in [0.717, 1.165) is 37.8 Å². The van der Waals surface area contributed by atoms with Crippen LogP contribution in [0.3, 0.4) is 0 Å². The zero-order valence-corrected chi connectivity index (χ0v) is 16.6. The molecule has 0 unspecified atom stereocenters. The zero-order valence-electron chi connectivity index (χ0n) is 16.6. The van der Waals surface area contributed by atoms with E-state index in [0.29, 0.717) is 32.8 Å². The third kappa shape index (κ3) is 3.55. The Morgan fingerprint density at radius 2 is 1.86 bits per heavy atom. The number of benzene rings is 1. The van der Waals surface area contributed by atoms with Gasteiger partial charge in [-0.05, 0) is 31.2 Å².